The van der Waals surface area contributed by atoms with Gasteiger partial charge in [0.25, 0.3) is 5.91 Å². The van der Waals surface area contributed by atoms with E-state index in [1.54, 1.807) is 25.3 Å². The third-order valence-electron chi connectivity index (χ3n) is 5.20. The van der Waals surface area contributed by atoms with Gasteiger partial charge in [-0.25, -0.2) is 8.42 Å². The van der Waals surface area contributed by atoms with Crippen LogP contribution in [-0.2, 0) is 14.8 Å². The van der Waals surface area contributed by atoms with Crippen LogP contribution < -0.4 is 10.2 Å². The van der Waals surface area contributed by atoms with Crippen LogP contribution in [0, 0.1) is 0 Å². The summed E-state index contributed by atoms with van der Waals surface area (Å²) in [6.07, 6.45) is 5.00. The first-order valence-electron chi connectivity index (χ1n) is 9.70. The van der Waals surface area contributed by atoms with Crippen LogP contribution in [0.25, 0.3) is 0 Å². The predicted octanol–water partition coefficient (Wildman–Crippen LogP) is 1.84. The van der Waals surface area contributed by atoms with Gasteiger partial charge in [0.2, 0.25) is 10.0 Å². The molecule has 8 heteroatoms. The van der Waals surface area contributed by atoms with Gasteiger partial charge in [0, 0.05) is 45.5 Å². The largest absolute Gasteiger partial charge is 0.383 e. The summed E-state index contributed by atoms with van der Waals surface area (Å²) in [7, 11) is -2.00. The summed E-state index contributed by atoms with van der Waals surface area (Å²) in [6.45, 7) is 3.67. The predicted molar refractivity (Wildman–Crippen MR) is 105 cm³/mol. The first-order valence-corrected chi connectivity index (χ1v) is 11.1. The average Bonchev–Trinajstić information content (AvgIpc) is 3.23. The van der Waals surface area contributed by atoms with Gasteiger partial charge in [0.05, 0.1) is 17.1 Å². The minimum absolute atomic E-state index is 0.198. The van der Waals surface area contributed by atoms with Gasteiger partial charge in [-0.15, -0.1) is 0 Å². The lowest BCUT2D eigenvalue weighted by molar-refractivity contribution is 0.0937. The molecule has 0 unspecified atom stereocenters. The van der Waals surface area contributed by atoms with E-state index in [0.29, 0.717) is 31.8 Å². The molecule has 27 heavy (non-hydrogen) atoms. The fourth-order valence-corrected chi connectivity index (χ4v) is 5.25. The van der Waals surface area contributed by atoms with E-state index in [9.17, 15) is 13.2 Å². The molecule has 1 aromatic rings. The van der Waals surface area contributed by atoms with Crippen LogP contribution in [0.2, 0.25) is 0 Å². The number of hydrogen-bond acceptors (Lipinski definition) is 5. The Morgan fingerprint density at radius 2 is 1.74 bits per heavy atom. The highest BCUT2D eigenvalue weighted by Gasteiger charge is 2.28. The second-order valence-electron chi connectivity index (χ2n) is 7.09. The zero-order valence-corrected chi connectivity index (χ0v) is 16.8. The van der Waals surface area contributed by atoms with Gasteiger partial charge in [-0.3, -0.25) is 4.79 Å². The van der Waals surface area contributed by atoms with Crippen molar-refractivity contribution in [3.05, 3.63) is 23.8 Å². The molecule has 1 amide bonds. The Morgan fingerprint density at radius 1 is 1.07 bits per heavy atom. The smallest absolute Gasteiger partial charge is 0.253 e. The van der Waals surface area contributed by atoms with E-state index in [1.807, 2.05) is 0 Å². The van der Waals surface area contributed by atoms with Crippen molar-refractivity contribution >= 4 is 21.6 Å². The van der Waals surface area contributed by atoms with E-state index in [4.69, 9.17) is 4.74 Å². The minimum Gasteiger partial charge on any atom is -0.383 e. The number of nitrogens with one attached hydrogen (secondary N) is 1. The van der Waals surface area contributed by atoms with Crippen LogP contribution in [0.5, 0.6) is 0 Å². The van der Waals surface area contributed by atoms with Crippen LogP contribution >= 0.6 is 0 Å². The number of rotatable bonds is 7. The number of nitrogens with zero attached hydrogens (tertiary/aromatic N) is 2. The van der Waals surface area contributed by atoms with E-state index in [-0.39, 0.29) is 10.8 Å². The third kappa shape index (κ3) is 4.62. The number of amides is 1. The van der Waals surface area contributed by atoms with Crippen molar-refractivity contribution in [1.29, 1.82) is 0 Å². The van der Waals surface area contributed by atoms with Crippen LogP contribution in [0.1, 0.15) is 42.5 Å². The van der Waals surface area contributed by atoms with Crippen LogP contribution in [0.3, 0.4) is 0 Å². The number of piperidine rings is 1. The van der Waals surface area contributed by atoms with Crippen molar-refractivity contribution in [2.24, 2.45) is 0 Å². The molecule has 2 saturated heterocycles. The molecule has 0 radical (unpaired) electrons. The summed E-state index contributed by atoms with van der Waals surface area (Å²) in [5.41, 5.74) is 1.23. The normalized spacial score (nSPS) is 18.6. The van der Waals surface area contributed by atoms with Crippen LogP contribution in [0.4, 0.5) is 5.69 Å². The standard InChI is InChI=1S/C19H29N3O4S/c1-26-14-9-20-19(23)17-15-16(7-8-18(17)21-10-5-6-11-21)27(24,25)22-12-3-2-4-13-22/h7-8,15H,2-6,9-14H2,1H3,(H,20,23). The topological polar surface area (TPSA) is 78.9 Å². The number of ether oxygens (including phenoxy) is 1. The molecule has 0 aromatic heterocycles. The lowest BCUT2D eigenvalue weighted by Gasteiger charge is -2.27. The molecule has 2 heterocycles. The summed E-state index contributed by atoms with van der Waals surface area (Å²) in [4.78, 5) is 15.1. The number of benzene rings is 1. The van der Waals surface area contributed by atoms with E-state index >= 15 is 0 Å². The second-order valence-corrected chi connectivity index (χ2v) is 9.02. The summed E-state index contributed by atoms with van der Waals surface area (Å²) in [6, 6.07) is 4.97. The highest BCUT2D eigenvalue weighted by atomic mass is 32.2. The van der Waals surface area contributed by atoms with Crippen molar-refractivity contribution in [3.8, 4) is 0 Å². The molecule has 3 rings (SSSR count). The molecule has 0 saturated carbocycles. The molecular formula is C19H29N3O4S. The van der Waals surface area contributed by atoms with Gasteiger partial charge in [-0.05, 0) is 43.9 Å². The molecule has 2 aliphatic rings. The molecule has 0 bridgehead atoms. The van der Waals surface area contributed by atoms with Crippen molar-refractivity contribution in [3.63, 3.8) is 0 Å². The molecule has 0 aliphatic carbocycles. The third-order valence-corrected chi connectivity index (χ3v) is 7.10. The zero-order valence-electron chi connectivity index (χ0n) is 15.9. The first-order chi connectivity index (χ1) is 13.0. The molecule has 0 atom stereocenters. The van der Waals surface area contributed by atoms with Crippen LogP contribution in [0.15, 0.2) is 23.1 Å². The van der Waals surface area contributed by atoms with Gasteiger partial charge >= 0.3 is 0 Å². The molecule has 1 aromatic carbocycles. The Hall–Kier alpha value is -1.64. The van der Waals surface area contributed by atoms with Crippen molar-refractivity contribution in [2.45, 2.75) is 37.0 Å². The number of methoxy groups -OCH3 is 1. The van der Waals surface area contributed by atoms with Gasteiger partial charge < -0.3 is 15.0 Å². The molecule has 7 nitrogen and oxygen atoms in total. The Bertz CT molecular complexity index is 754. The van der Waals surface area contributed by atoms with Gasteiger partial charge in [0.15, 0.2) is 0 Å². The lowest BCUT2D eigenvalue weighted by atomic mass is 10.1. The maximum absolute atomic E-state index is 13.0. The lowest BCUT2D eigenvalue weighted by Crippen LogP contribution is -2.36. The number of anilines is 1. The number of sulfonamides is 1. The second kappa shape index (κ2) is 9.03. The Labute approximate surface area is 161 Å². The maximum Gasteiger partial charge on any atom is 0.253 e. The maximum atomic E-state index is 13.0. The molecule has 1 N–H and O–H groups in total. The van der Waals surface area contributed by atoms with Crippen molar-refractivity contribution < 1.29 is 17.9 Å². The Morgan fingerprint density at radius 3 is 2.41 bits per heavy atom. The van der Waals surface area contributed by atoms with Crippen LogP contribution in [-0.4, -0.2) is 65.1 Å². The SMILES string of the molecule is COCCNC(=O)c1cc(S(=O)(=O)N2CCCCC2)ccc1N1CCCC1. The number of carbonyl (C=O) groups excluding carboxylic acids is 1. The average molecular weight is 396 g/mol. The summed E-state index contributed by atoms with van der Waals surface area (Å²) < 4.78 is 32.6. The molecule has 150 valence electrons. The molecule has 0 spiro atoms. The summed E-state index contributed by atoms with van der Waals surface area (Å²) in [5.74, 6) is -0.260. The highest BCUT2D eigenvalue weighted by molar-refractivity contribution is 7.89. The summed E-state index contributed by atoms with van der Waals surface area (Å²) >= 11 is 0. The zero-order chi connectivity index (χ0) is 19.3. The Kier molecular flexibility index (Phi) is 6.73. The van der Waals surface area contributed by atoms with Gasteiger partial charge in [-0.2, -0.15) is 4.31 Å². The van der Waals surface area contributed by atoms with Gasteiger partial charge in [-0.1, -0.05) is 6.42 Å². The molecule has 2 fully saturated rings. The monoisotopic (exact) mass is 395 g/mol. The van der Waals surface area contributed by atoms with E-state index in [0.717, 1.165) is 50.9 Å². The fraction of sp³-hybridized carbons (Fsp3) is 0.632. The van der Waals surface area contributed by atoms with Crippen molar-refractivity contribution in [1.82, 2.24) is 9.62 Å². The Balaban J connectivity index is 1.91. The number of carbonyl (C=O) groups is 1. The molecule has 2 aliphatic heterocycles. The van der Waals surface area contributed by atoms with E-state index in [2.05, 4.69) is 10.2 Å². The minimum atomic E-state index is -3.57. The molecular weight excluding hydrogens is 366 g/mol. The summed E-state index contributed by atoms with van der Waals surface area (Å²) in [5, 5.41) is 2.82. The first kappa shape index (κ1) is 20.1. The fourth-order valence-electron chi connectivity index (χ4n) is 3.71. The van der Waals surface area contributed by atoms with Crippen molar-refractivity contribution in [2.75, 3.05) is 51.3 Å². The van der Waals surface area contributed by atoms with Gasteiger partial charge in [0.1, 0.15) is 0 Å². The van der Waals surface area contributed by atoms with E-state index < -0.39 is 10.0 Å². The highest BCUT2D eigenvalue weighted by Crippen LogP contribution is 2.29. The van der Waals surface area contributed by atoms with E-state index in [1.165, 1.54) is 4.31 Å². The number of hydrogen-bond donors (Lipinski definition) is 1. The quantitative estimate of drug-likeness (QED) is 0.713.